The zero-order valence-corrected chi connectivity index (χ0v) is 11.2. The van der Waals surface area contributed by atoms with E-state index in [9.17, 15) is 4.79 Å². The fourth-order valence-corrected chi connectivity index (χ4v) is 2.70. The maximum absolute atomic E-state index is 11.1. The predicted molar refractivity (Wildman–Crippen MR) is 73.3 cm³/mol. The molecule has 20 heavy (non-hydrogen) atoms. The molecule has 0 radical (unpaired) electrons. The SMILES string of the molecule is COc1cccc(-n2ncc3c2CCC(C(=O)O)C3)c1. The van der Waals surface area contributed by atoms with E-state index in [1.807, 2.05) is 28.9 Å². The summed E-state index contributed by atoms with van der Waals surface area (Å²) in [6.45, 7) is 0. The highest BCUT2D eigenvalue weighted by atomic mass is 16.5. The summed E-state index contributed by atoms with van der Waals surface area (Å²) in [5.41, 5.74) is 3.08. The van der Waals surface area contributed by atoms with Gasteiger partial charge in [-0.15, -0.1) is 0 Å². The van der Waals surface area contributed by atoms with Crippen LogP contribution in [0, 0.1) is 5.92 Å². The summed E-state index contributed by atoms with van der Waals surface area (Å²) in [5, 5.41) is 13.5. The number of aliphatic carboxylic acids is 1. The predicted octanol–water partition coefficient (Wildman–Crippen LogP) is 2.07. The van der Waals surface area contributed by atoms with Crippen molar-refractivity contribution in [2.24, 2.45) is 5.92 Å². The van der Waals surface area contributed by atoms with Crippen LogP contribution in [0.5, 0.6) is 5.75 Å². The number of fused-ring (bicyclic) bond motifs is 1. The van der Waals surface area contributed by atoms with Crippen molar-refractivity contribution in [3.63, 3.8) is 0 Å². The van der Waals surface area contributed by atoms with Gasteiger partial charge in [-0.05, 0) is 37.0 Å². The zero-order chi connectivity index (χ0) is 14.1. The van der Waals surface area contributed by atoms with Crippen molar-refractivity contribution in [2.75, 3.05) is 7.11 Å². The van der Waals surface area contributed by atoms with Gasteiger partial charge in [0.1, 0.15) is 5.75 Å². The number of benzene rings is 1. The van der Waals surface area contributed by atoms with Crippen LogP contribution in [0.25, 0.3) is 5.69 Å². The lowest BCUT2D eigenvalue weighted by atomic mass is 9.88. The van der Waals surface area contributed by atoms with E-state index in [1.165, 1.54) is 0 Å². The van der Waals surface area contributed by atoms with Crippen molar-refractivity contribution in [1.82, 2.24) is 9.78 Å². The monoisotopic (exact) mass is 272 g/mol. The minimum Gasteiger partial charge on any atom is -0.497 e. The molecule has 3 rings (SSSR count). The quantitative estimate of drug-likeness (QED) is 0.929. The number of hydrogen-bond acceptors (Lipinski definition) is 3. The van der Waals surface area contributed by atoms with Crippen LogP contribution < -0.4 is 4.74 Å². The molecule has 1 unspecified atom stereocenters. The van der Waals surface area contributed by atoms with Crippen LogP contribution in [-0.4, -0.2) is 28.0 Å². The molecule has 1 aliphatic carbocycles. The van der Waals surface area contributed by atoms with E-state index >= 15 is 0 Å². The van der Waals surface area contributed by atoms with Gasteiger partial charge in [0.25, 0.3) is 0 Å². The molecular weight excluding hydrogens is 256 g/mol. The van der Waals surface area contributed by atoms with Gasteiger partial charge in [-0.2, -0.15) is 5.10 Å². The second kappa shape index (κ2) is 5.00. The summed E-state index contributed by atoms with van der Waals surface area (Å²) >= 11 is 0. The van der Waals surface area contributed by atoms with Gasteiger partial charge < -0.3 is 9.84 Å². The number of methoxy groups -OCH3 is 1. The topological polar surface area (TPSA) is 64.4 Å². The fourth-order valence-electron chi connectivity index (χ4n) is 2.70. The molecule has 0 saturated carbocycles. The Morgan fingerprint density at radius 2 is 2.35 bits per heavy atom. The Labute approximate surface area is 116 Å². The first-order valence-corrected chi connectivity index (χ1v) is 6.62. The van der Waals surface area contributed by atoms with Gasteiger partial charge in [-0.3, -0.25) is 4.79 Å². The van der Waals surface area contributed by atoms with Crippen molar-refractivity contribution in [3.8, 4) is 11.4 Å². The Morgan fingerprint density at radius 1 is 1.50 bits per heavy atom. The van der Waals surface area contributed by atoms with Crippen LogP contribution in [0.1, 0.15) is 17.7 Å². The molecule has 5 heteroatoms. The molecule has 1 aromatic heterocycles. The molecule has 0 saturated heterocycles. The summed E-state index contributed by atoms with van der Waals surface area (Å²) in [6, 6.07) is 7.71. The number of hydrogen-bond donors (Lipinski definition) is 1. The normalized spacial score (nSPS) is 17.6. The molecule has 0 bridgehead atoms. The number of carbonyl (C=O) groups is 1. The smallest absolute Gasteiger partial charge is 0.306 e. The van der Waals surface area contributed by atoms with Crippen molar-refractivity contribution in [2.45, 2.75) is 19.3 Å². The van der Waals surface area contributed by atoms with Crippen LogP contribution >= 0.6 is 0 Å². The third-order valence-corrected chi connectivity index (χ3v) is 3.80. The van der Waals surface area contributed by atoms with E-state index in [0.29, 0.717) is 12.8 Å². The van der Waals surface area contributed by atoms with Gasteiger partial charge in [0.2, 0.25) is 0 Å². The summed E-state index contributed by atoms with van der Waals surface area (Å²) in [7, 11) is 1.63. The maximum Gasteiger partial charge on any atom is 0.306 e. The van der Waals surface area contributed by atoms with Crippen LogP contribution in [0.2, 0.25) is 0 Å². The Bertz CT molecular complexity index is 648. The zero-order valence-electron chi connectivity index (χ0n) is 11.2. The van der Waals surface area contributed by atoms with Crippen molar-refractivity contribution < 1.29 is 14.6 Å². The van der Waals surface area contributed by atoms with E-state index < -0.39 is 5.97 Å². The number of ether oxygens (including phenoxy) is 1. The lowest BCUT2D eigenvalue weighted by Gasteiger charge is -2.19. The highest BCUT2D eigenvalue weighted by molar-refractivity contribution is 5.71. The average molecular weight is 272 g/mol. The second-order valence-corrected chi connectivity index (χ2v) is 5.01. The summed E-state index contributed by atoms with van der Waals surface area (Å²) in [4.78, 5) is 11.1. The molecule has 1 heterocycles. The van der Waals surface area contributed by atoms with Gasteiger partial charge in [0.05, 0.1) is 24.9 Å². The highest BCUT2D eigenvalue weighted by Gasteiger charge is 2.27. The van der Waals surface area contributed by atoms with Gasteiger partial charge in [0, 0.05) is 11.8 Å². The van der Waals surface area contributed by atoms with Gasteiger partial charge >= 0.3 is 5.97 Å². The first kappa shape index (κ1) is 12.7. The Hall–Kier alpha value is -2.30. The second-order valence-electron chi connectivity index (χ2n) is 5.01. The molecule has 0 spiro atoms. The van der Waals surface area contributed by atoms with E-state index in [1.54, 1.807) is 13.3 Å². The molecule has 0 amide bonds. The van der Waals surface area contributed by atoms with Crippen LogP contribution in [0.4, 0.5) is 0 Å². The first-order chi connectivity index (χ1) is 9.69. The molecule has 5 nitrogen and oxygen atoms in total. The summed E-state index contributed by atoms with van der Waals surface area (Å²) < 4.78 is 7.11. The van der Waals surface area contributed by atoms with E-state index in [2.05, 4.69) is 5.10 Å². The minimum absolute atomic E-state index is 0.287. The maximum atomic E-state index is 11.1. The van der Waals surface area contributed by atoms with Gasteiger partial charge in [-0.1, -0.05) is 6.07 Å². The van der Waals surface area contributed by atoms with E-state index in [-0.39, 0.29) is 5.92 Å². The highest BCUT2D eigenvalue weighted by Crippen LogP contribution is 2.28. The fraction of sp³-hybridized carbons (Fsp3) is 0.333. The van der Waals surface area contributed by atoms with Crippen molar-refractivity contribution in [3.05, 3.63) is 41.7 Å². The lowest BCUT2D eigenvalue weighted by molar-refractivity contribution is -0.142. The molecular formula is C15H16N2O3. The number of nitrogens with zero attached hydrogens (tertiary/aromatic N) is 2. The lowest BCUT2D eigenvalue weighted by Crippen LogP contribution is -2.22. The molecule has 1 aromatic carbocycles. The number of aromatic nitrogens is 2. The number of carboxylic acid groups (broad SMARTS) is 1. The molecule has 0 aliphatic heterocycles. The van der Waals surface area contributed by atoms with Crippen LogP contribution in [-0.2, 0) is 17.6 Å². The Kier molecular flexibility index (Phi) is 3.18. The third kappa shape index (κ3) is 2.15. The Morgan fingerprint density at radius 3 is 3.10 bits per heavy atom. The number of carboxylic acids is 1. The van der Waals surface area contributed by atoms with E-state index in [0.717, 1.165) is 29.1 Å². The van der Waals surface area contributed by atoms with E-state index in [4.69, 9.17) is 9.84 Å². The van der Waals surface area contributed by atoms with Crippen LogP contribution in [0.3, 0.4) is 0 Å². The molecule has 1 N–H and O–H groups in total. The first-order valence-electron chi connectivity index (χ1n) is 6.62. The van der Waals surface area contributed by atoms with Gasteiger partial charge in [-0.25, -0.2) is 4.68 Å². The Balaban J connectivity index is 1.95. The molecule has 104 valence electrons. The average Bonchev–Trinajstić information content (AvgIpc) is 2.90. The summed E-state index contributed by atoms with van der Waals surface area (Å²) in [5.74, 6) is -0.221. The van der Waals surface area contributed by atoms with Gasteiger partial charge in [0.15, 0.2) is 0 Å². The molecule has 2 aromatic rings. The largest absolute Gasteiger partial charge is 0.497 e. The van der Waals surface area contributed by atoms with Crippen LogP contribution in [0.15, 0.2) is 30.5 Å². The molecule has 0 fully saturated rings. The van der Waals surface area contributed by atoms with Crippen molar-refractivity contribution >= 4 is 5.97 Å². The molecule has 1 aliphatic rings. The number of rotatable bonds is 3. The standard InChI is InChI=1S/C15H16N2O3/c1-20-13-4-2-3-12(8-13)17-14-6-5-10(15(18)19)7-11(14)9-16-17/h2-4,8-10H,5-7H2,1H3,(H,18,19). The molecule has 1 atom stereocenters. The minimum atomic E-state index is -0.718. The van der Waals surface area contributed by atoms with Crippen molar-refractivity contribution in [1.29, 1.82) is 0 Å². The third-order valence-electron chi connectivity index (χ3n) is 3.80. The summed E-state index contributed by atoms with van der Waals surface area (Å²) in [6.07, 6.45) is 3.75.